The lowest BCUT2D eigenvalue weighted by Crippen LogP contribution is -2.35. The van der Waals surface area contributed by atoms with Gasteiger partial charge in [0.1, 0.15) is 5.82 Å². The first-order chi connectivity index (χ1) is 13.0. The Balaban J connectivity index is 1.86. The highest BCUT2D eigenvalue weighted by atomic mass is 16.5. The van der Waals surface area contributed by atoms with E-state index in [2.05, 4.69) is 20.4 Å². The lowest BCUT2D eigenvalue weighted by Gasteiger charge is -2.23. The summed E-state index contributed by atoms with van der Waals surface area (Å²) in [5.41, 5.74) is 0.889. The summed E-state index contributed by atoms with van der Waals surface area (Å²) in [7, 11) is 3.13. The largest absolute Gasteiger partial charge is 0.493 e. The molecular formula is C19H22N4O4. The Morgan fingerprint density at radius 1 is 1.15 bits per heavy atom. The number of ether oxygens (including phenoxy) is 2. The predicted octanol–water partition coefficient (Wildman–Crippen LogP) is 3.00. The fraction of sp³-hybridized carbons (Fsp3) is 0.316. The first kappa shape index (κ1) is 18.7. The van der Waals surface area contributed by atoms with Crippen molar-refractivity contribution in [2.24, 2.45) is 0 Å². The first-order valence-electron chi connectivity index (χ1n) is 8.38. The fourth-order valence-corrected chi connectivity index (χ4v) is 2.49. The van der Waals surface area contributed by atoms with Crippen molar-refractivity contribution in [3.8, 4) is 34.3 Å². The van der Waals surface area contributed by atoms with Crippen molar-refractivity contribution < 1.29 is 19.1 Å². The van der Waals surface area contributed by atoms with E-state index in [-0.39, 0.29) is 6.61 Å². The van der Waals surface area contributed by atoms with Crippen molar-refractivity contribution in [2.75, 3.05) is 26.1 Å². The highest BCUT2D eigenvalue weighted by Gasteiger charge is 2.19. The molecular weight excluding hydrogens is 348 g/mol. The maximum Gasteiger partial charge on any atom is 0.259 e. The van der Waals surface area contributed by atoms with Crippen molar-refractivity contribution in [2.45, 2.75) is 19.4 Å². The van der Waals surface area contributed by atoms with E-state index in [4.69, 9.17) is 14.0 Å². The molecule has 0 aliphatic heterocycles. The van der Waals surface area contributed by atoms with Gasteiger partial charge in [-0.05, 0) is 38.1 Å². The number of rotatable bonds is 7. The molecule has 0 atom stereocenters. The third-order valence-electron chi connectivity index (χ3n) is 3.94. The van der Waals surface area contributed by atoms with E-state index in [1.54, 1.807) is 32.5 Å². The van der Waals surface area contributed by atoms with E-state index < -0.39 is 5.54 Å². The summed E-state index contributed by atoms with van der Waals surface area (Å²) >= 11 is 0. The quantitative estimate of drug-likeness (QED) is 0.654. The van der Waals surface area contributed by atoms with Gasteiger partial charge in [0.25, 0.3) is 5.89 Å². The molecule has 3 rings (SSSR count). The molecule has 2 N–H and O–H groups in total. The molecule has 0 spiro atoms. The van der Waals surface area contributed by atoms with Gasteiger partial charge in [-0.2, -0.15) is 4.98 Å². The Morgan fingerprint density at radius 2 is 1.96 bits per heavy atom. The summed E-state index contributed by atoms with van der Waals surface area (Å²) in [6.07, 6.45) is 1.63. The van der Waals surface area contributed by atoms with Crippen LogP contribution < -0.4 is 14.8 Å². The number of aliphatic hydroxyl groups excluding tert-OH is 1. The third-order valence-corrected chi connectivity index (χ3v) is 3.94. The molecule has 0 saturated heterocycles. The molecule has 0 radical (unpaired) electrons. The number of anilines is 1. The van der Waals surface area contributed by atoms with Crippen LogP contribution in [0.15, 0.2) is 41.1 Å². The fourth-order valence-electron chi connectivity index (χ4n) is 2.49. The summed E-state index contributed by atoms with van der Waals surface area (Å²) in [4.78, 5) is 8.78. The third kappa shape index (κ3) is 4.01. The molecule has 0 fully saturated rings. The van der Waals surface area contributed by atoms with Crippen LogP contribution in [0.1, 0.15) is 13.8 Å². The summed E-state index contributed by atoms with van der Waals surface area (Å²) in [5, 5.41) is 16.5. The Hall–Kier alpha value is -3.13. The molecule has 1 aromatic carbocycles. The van der Waals surface area contributed by atoms with Crippen LogP contribution in [-0.4, -0.2) is 46.6 Å². The van der Waals surface area contributed by atoms with Gasteiger partial charge in [0, 0.05) is 6.20 Å². The molecule has 0 aliphatic rings. The number of hydrogen-bond acceptors (Lipinski definition) is 8. The number of pyridine rings is 1. The monoisotopic (exact) mass is 370 g/mol. The number of benzene rings is 1. The average Bonchev–Trinajstić information content (AvgIpc) is 3.17. The lowest BCUT2D eigenvalue weighted by molar-refractivity contribution is 0.234. The van der Waals surface area contributed by atoms with Gasteiger partial charge in [0.15, 0.2) is 11.5 Å². The Labute approximate surface area is 157 Å². The van der Waals surface area contributed by atoms with E-state index in [1.807, 2.05) is 32.0 Å². The molecule has 27 heavy (non-hydrogen) atoms. The molecule has 0 aliphatic carbocycles. The van der Waals surface area contributed by atoms with Crippen LogP contribution in [-0.2, 0) is 0 Å². The van der Waals surface area contributed by atoms with Crippen molar-refractivity contribution in [1.29, 1.82) is 0 Å². The summed E-state index contributed by atoms with van der Waals surface area (Å²) in [6, 6.07) is 9.08. The minimum absolute atomic E-state index is 0.00811. The number of nitrogens with one attached hydrogen (secondary N) is 1. The number of methoxy groups -OCH3 is 2. The maximum absolute atomic E-state index is 9.34. The Bertz CT molecular complexity index is 906. The lowest BCUT2D eigenvalue weighted by atomic mass is 10.1. The van der Waals surface area contributed by atoms with Gasteiger partial charge in [-0.15, -0.1) is 0 Å². The second-order valence-electron chi connectivity index (χ2n) is 6.56. The topological polar surface area (TPSA) is 103 Å². The van der Waals surface area contributed by atoms with E-state index in [0.29, 0.717) is 40.2 Å². The van der Waals surface area contributed by atoms with Gasteiger partial charge in [0.2, 0.25) is 5.82 Å². The first-order valence-corrected chi connectivity index (χ1v) is 8.38. The van der Waals surface area contributed by atoms with E-state index in [1.165, 1.54) is 0 Å². The van der Waals surface area contributed by atoms with Gasteiger partial charge >= 0.3 is 0 Å². The molecule has 8 nitrogen and oxygen atoms in total. The van der Waals surface area contributed by atoms with Gasteiger partial charge in [-0.3, -0.25) is 0 Å². The summed E-state index contributed by atoms with van der Waals surface area (Å²) < 4.78 is 16.1. The number of nitrogens with zero attached hydrogens (tertiary/aromatic N) is 3. The second kappa shape index (κ2) is 7.63. The Morgan fingerprint density at radius 3 is 2.59 bits per heavy atom. The van der Waals surface area contributed by atoms with Crippen LogP contribution in [0.2, 0.25) is 0 Å². The highest BCUT2D eigenvalue weighted by molar-refractivity contribution is 5.69. The standard InChI is InChI=1S/C19H22N4O4/c1-19(2,11-24)22-15-9-8-12(10-20-15)18-21-17(23-27-18)13-6-5-7-14(25-3)16(13)26-4/h5-10,24H,11H2,1-4H3,(H,20,22). The van der Waals surface area contributed by atoms with Crippen LogP contribution in [0.4, 0.5) is 5.82 Å². The van der Waals surface area contributed by atoms with Gasteiger partial charge in [-0.25, -0.2) is 4.98 Å². The van der Waals surface area contributed by atoms with E-state index in [9.17, 15) is 5.11 Å². The summed E-state index contributed by atoms with van der Waals surface area (Å²) in [5.74, 6) is 2.51. The van der Waals surface area contributed by atoms with Gasteiger partial charge < -0.3 is 24.4 Å². The van der Waals surface area contributed by atoms with Gasteiger partial charge in [0.05, 0.1) is 37.5 Å². The number of hydrogen-bond donors (Lipinski definition) is 2. The predicted molar refractivity (Wildman–Crippen MR) is 101 cm³/mol. The molecule has 2 heterocycles. The maximum atomic E-state index is 9.34. The van der Waals surface area contributed by atoms with Crippen LogP contribution in [0.25, 0.3) is 22.8 Å². The molecule has 3 aromatic rings. The van der Waals surface area contributed by atoms with Crippen LogP contribution >= 0.6 is 0 Å². The van der Waals surface area contributed by atoms with Crippen molar-refractivity contribution >= 4 is 5.82 Å². The molecule has 0 amide bonds. The highest BCUT2D eigenvalue weighted by Crippen LogP contribution is 2.37. The normalized spacial score (nSPS) is 11.3. The minimum Gasteiger partial charge on any atom is -0.493 e. The number of para-hydroxylation sites is 1. The number of aromatic nitrogens is 3. The van der Waals surface area contributed by atoms with E-state index >= 15 is 0 Å². The van der Waals surface area contributed by atoms with Crippen molar-refractivity contribution in [1.82, 2.24) is 15.1 Å². The van der Waals surface area contributed by atoms with Crippen LogP contribution in [0.3, 0.4) is 0 Å². The van der Waals surface area contributed by atoms with Gasteiger partial charge in [-0.1, -0.05) is 11.2 Å². The second-order valence-corrected chi connectivity index (χ2v) is 6.56. The van der Waals surface area contributed by atoms with Crippen molar-refractivity contribution in [3.63, 3.8) is 0 Å². The molecule has 8 heteroatoms. The zero-order valence-corrected chi connectivity index (χ0v) is 15.7. The SMILES string of the molecule is COc1cccc(-c2noc(-c3ccc(NC(C)(C)CO)nc3)n2)c1OC. The minimum atomic E-state index is -0.463. The zero-order valence-electron chi connectivity index (χ0n) is 15.7. The molecule has 2 aromatic heterocycles. The summed E-state index contributed by atoms with van der Waals surface area (Å²) in [6.45, 7) is 3.76. The molecule has 0 saturated carbocycles. The molecule has 0 unspecified atom stereocenters. The molecule has 0 bridgehead atoms. The Kier molecular flexibility index (Phi) is 5.27. The molecule has 142 valence electrons. The smallest absolute Gasteiger partial charge is 0.259 e. The van der Waals surface area contributed by atoms with Crippen LogP contribution in [0, 0.1) is 0 Å². The van der Waals surface area contributed by atoms with Crippen LogP contribution in [0.5, 0.6) is 11.5 Å². The average molecular weight is 370 g/mol. The van der Waals surface area contributed by atoms with E-state index in [0.717, 1.165) is 0 Å². The zero-order chi connectivity index (χ0) is 19.4. The number of aliphatic hydroxyl groups is 1. The van der Waals surface area contributed by atoms with Crippen molar-refractivity contribution in [3.05, 3.63) is 36.5 Å².